The van der Waals surface area contributed by atoms with Crippen LogP contribution in [0, 0.1) is 6.92 Å². The van der Waals surface area contributed by atoms with Crippen LogP contribution in [-0.2, 0) is 17.1 Å². The van der Waals surface area contributed by atoms with E-state index in [0.717, 1.165) is 0 Å². The third-order valence-corrected chi connectivity index (χ3v) is 1.03. The Bertz CT molecular complexity index is 148. The van der Waals surface area contributed by atoms with E-state index >= 15 is 0 Å². The van der Waals surface area contributed by atoms with Crippen LogP contribution in [0.15, 0.2) is 24.3 Å². The number of hydrogen-bond donors (Lipinski definition) is 1. The number of rotatable bonds is 0. The number of phenolic OH excluding ortho intramolecular Hbond substituents is 1. The average Bonchev–Trinajstić information content (AvgIpc) is 1.77. The summed E-state index contributed by atoms with van der Waals surface area (Å²) < 4.78 is 0. The van der Waals surface area contributed by atoms with E-state index in [0.29, 0.717) is 5.75 Å². The van der Waals surface area contributed by atoms with E-state index in [1.807, 2.05) is 19.1 Å². The third kappa shape index (κ3) is 2.54. The van der Waals surface area contributed by atoms with Gasteiger partial charge in [-0.05, 0) is 19.1 Å². The molecule has 1 rings (SSSR count). The summed E-state index contributed by atoms with van der Waals surface area (Å²) in [6.45, 7) is 1.99. The van der Waals surface area contributed by atoms with Crippen LogP contribution in [0.5, 0.6) is 5.75 Å². The Balaban J connectivity index is 0.000000640. The summed E-state index contributed by atoms with van der Waals surface area (Å²) in [5.74, 6) is 0.329. The van der Waals surface area contributed by atoms with Gasteiger partial charge in [0.15, 0.2) is 0 Å². The second kappa shape index (κ2) is 3.54. The average molecular weight is 164 g/mol. The maximum absolute atomic E-state index is 8.76. The molecule has 0 unspecified atom stereocenters. The van der Waals surface area contributed by atoms with Crippen LogP contribution in [0.4, 0.5) is 0 Å². The zero-order valence-electron chi connectivity index (χ0n) is 5.11. The van der Waals surface area contributed by atoms with Crippen LogP contribution in [0.1, 0.15) is 5.56 Å². The smallest absolute Gasteiger partial charge is 0.115 e. The summed E-state index contributed by atoms with van der Waals surface area (Å²) in [4.78, 5) is 0. The molecule has 1 nitrogen and oxygen atoms in total. The monoisotopic (exact) mass is 164 g/mol. The normalized spacial score (nSPS) is 8.11. The summed E-state index contributed by atoms with van der Waals surface area (Å²) in [5, 5.41) is 8.76. The van der Waals surface area contributed by atoms with E-state index in [1.165, 1.54) is 5.56 Å². The first-order valence-corrected chi connectivity index (χ1v) is 2.54. The Morgan fingerprint density at radius 3 is 1.89 bits per heavy atom. The van der Waals surface area contributed by atoms with Crippen LogP contribution < -0.4 is 0 Å². The molecule has 0 radical (unpaired) electrons. The molecular weight excluding hydrogens is 156 g/mol. The Hall–Kier alpha value is -0.461. The molecule has 1 aromatic rings. The third-order valence-electron chi connectivity index (χ3n) is 1.03. The minimum atomic E-state index is 0. The van der Waals surface area contributed by atoms with Crippen molar-refractivity contribution in [3.05, 3.63) is 29.8 Å². The quantitative estimate of drug-likeness (QED) is 0.578. The first-order chi connectivity index (χ1) is 3.79. The molecule has 0 atom stereocenters. The van der Waals surface area contributed by atoms with E-state index in [1.54, 1.807) is 12.1 Å². The predicted molar refractivity (Wildman–Crippen MR) is 32.8 cm³/mol. The maximum atomic E-state index is 8.76. The van der Waals surface area contributed by atoms with Gasteiger partial charge in [0.25, 0.3) is 0 Å². The largest absolute Gasteiger partial charge is 0.508 e. The molecule has 0 aliphatic carbocycles. The zero-order valence-corrected chi connectivity index (χ0v) is 6.21. The van der Waals surface area contributed by atoms with Gasteiger partial charge in [0.2, 0.25) is 0 Å². The number of aryl methyl sites for hydroxylation is 1. The molecule has 0 spiro atoms. The zero-order chi connectivity index (χ0) is 5.98. The van der Waals surface area contributed by atoms with Crippen LogP contribution >= 0.6 is 0 Å². The SMILES string of the molecule is Cc1ccc(O)cc1.[Fe]. The molecule has 0 bridgehead atoms. The van der Waals surface area contributed by atoms with Crippen LogP contribution in [0.2, 0.25) is 0 Å². The van der Waals surface area contributed by atoms with Crippen molar-refractivity contribution in [3.8, 4) is 5.75 Å². The van der Waals surface area contributed by atoms with Gasteiger partial charge >= 0.3 is 0 Å². The molecule has 0 saturated heterocycles. The summed E-state index contributed by atoms with van der Waals surface area (Å²) in [6, 6.07) is 7.09. The van der Waals surface area contributed by atoms with E-state index in [2.05, 4.69) is 0 Å². The Labute approximate surface area is 65.2 Å². The molecule has 0 aromatic heterocycles. The molecule has 0 aliphatic heterocycles. The van der Waals surface area contributed by atoms with Crippen molar-refractivity contribution in [3.63, 3.8) is 0 Å². The van der Waals surface area contributed by atoms with Gasteiger partial charge in [0.05, 0.1) is 0 Å². The fourth-order valence-corrected chi connectivity index (χ4v) is 0.545. The molecule has 0 aliphatic rings. The molecule has 0 heterocycles. The minimum absolute atomic E-state index is 0. The molecule has 9 heavy (non-hydrogen) atoms. The predicted octanol–water partition coefficient (Wildman–Crippen LogP) is 1.70. The summed E-state index contributed by atoms with van der Waals surface area (Å²) in [5.41, 5.74) is 1.17. The van der Waals surface area contributed by atoms with Crippen LogP contribution in [0.3, 0.4) is 0 Å². The Morgan fingerprint density at radius 1 is 1.11 bits per heavy atom. The molecule has 1 N–H and O–H groups in total. The summed E-state index contributed by atoms with van der Waals surface area (Å²) in [7, 11) is 0. The first kappa shape index (κ1) is 8.54. The van der Waals surface area contributed by atoms with Crippen molar-refractivity contribution in [2.24, 2.45) is 0 Å². The van der Waals surface area contributed by atoms with E-state index in [4.69, 9.17) is 5.11 Å². The second-order valence-corrected chi connectivity index (χ2v) is 1.84. The van der Waals surface area contributed by atoms with Gasteiger partial charge in [-0.15, -0.1) is 0 Å². The number of hydrogen-bond acceptors (Lipinski definition) is 1. The van der Waals surface area contributed by atoms with Gasteiger partial charge in [-0.2, -0.15) is 0 Å². The van der Waals surface area contributed by atoms with Gasteiger partial charge in [-0.3, -0.25) is 0 Å². The van der Waals surface area contributed by atoms with Crippen molar-refractivity contribution in [1.82, 2.24) is 0 Å². The van der Waals surface area contributed by atoms with E-state index < -0.39 is 0 Å². The van der Waals surface area contributed by atoms with Gasteiger partial charge in [-0.25, -0.2) is 0 Å². The standard InChI is InChI=1S/C7H8O.Fe/c1-6-2-4-7(8)5-3-6;/h2-5,8H,1H3;. The maximum Gasteiger partial charge on any atom is 0.115 e. The van der Waals surface area contributed by atoms with Crippen molar-refractivity contribution in [1.29, 1.82) is 0 Å². The fourth-order valence-electron chi connectivity index (χ4n) is 0.545. The molecule has 0 saturated carbocycles. The molecule has 0 fully saturated rings. The Kier molecular flexibility index (Phi) is 3.36. The van der Waals surface area contributed by atoms with Crippen molar-refractivity contribution < 1.29 is 22.2 Å². The van der Waals surface area contributed by atoms with Gasteiger partial charge < -0.3 is 5.11 Å². The van der Waals surface area contributed by atoms with Crippen molar-refractivity contribution in [2.75, 3.05) is 0 Å². The molecule has 0 amide bonds. The van der Waals surface area contributed by atoms with E-state index in [-0.39, 0.29) is 17.1 Å². The second-order valence-electron chi connectivity index (χ2n) is 1.84. The molecule has 2 heteroatoms. The topological polar surface area (TPSA) is 20.2 Å². The molecular formula is C7H8FeO. The molecule has 1 aromatic carbocycles. The minimum Gasteiger partial charge on any atom is -0.508 e. The van der Waals surface area contributed by atoms with Crippen molar-refractivity contribution in [2.45, 2.75) is 6.92 Å². The number of phenols is 1. The number of benzene rings is 1. The van der Waals surface area contributed by atoms with E-state index in [9.17, 15) is 0 Å². The van der Waals surface area contributed by atoms with Crippen LogP contribution in [0.25, 0.3) is 0 Å². The van der Waals surface area contributed by atoms with Gasteiger partial charge in [0.1, 0.15) is 5.75 Å². The molecule has 50 valence electrons. The summed E-state index contributed by atoms with van der Waals surface area (Å²) in [6.07, 6.45) is 0. The number of aromatic hydroxyl groups is 1. The van der Waals surface area contributed by atoms with Gasteiger partial charge in [0, 0.05) is 17.1 Å². The first-order valence-electron chi connectivity index (χ1n) is 2.54. The van der Waals surface area contributed by atoms with Crippen LogP contribution in [-0.4, -0.2) is 5.11 Å². The fraction of sp³-hybridized carbons (Fsp3) is 0.143. The van der Waals surface area contributed by atoms with Crippen molar-refractivity contribution >= 4 is 0 Å². The Morgan fingerprint density at radius 2 is 1.56 bits per heavy atom. The van der Waals surface area contributed by atoms with Gasteiger partial charge in [-0.1, -0.05) is 17.7 Å². The summed E-state index contributed by atoms with van der Waals surface area (Å²) >= 11 is 0.